The maximum atomic E-state index is 9.44. The minimum Gasteiger partial charge on any atom is -0.493 e. The lowest BCUT2D eigenvalue weighted by Crippen LogP contribution is -2.40. The molecule has 2 N–H and O–H groups in total. The Morgan fingerprint density at radius 2 is 2.10 bits per heavy atom. The molecule has 5 heteroatoms. The Labute approximate surface area is 120 Å². The fourth-order valence-corrected chi connectivity index (χ4v) is 2.90. The third-order valence-corrected chi connectivity index (χ3v) is 4.04. The largest absolute Gasteiger partial charge is 0.493 e. The molecule has 20 heavy (non-hydrogen) atoms. The fraction of sp³-hybridized carbons (Fsp3) is 0.667. The number of pyridine rings is 1. The van der Waals surface area contributed by atoms with Crippen LogP contribution in [0.1, 0.15) is 31.4 Å². The summed E-state index contributed by atoms with van der Waals surface area (Å²) in [4.78, 5) is 4.36. The summed E-state index contributed by atoms with van der Waals surface area (Å²) < 4.78 is 10.7. The second-order valence-corrected chi connectivity index (χ2v) is 5.21. The third kappa shape index (κ3) is 3.41. The van der Waals surface area contributed by atoms with Gasteiger partial charge >= 0.3 is 0 Å². The van der Waals surface area contributed by atoms with Gasteiger partial charge in [0.15, 0.2) is 11.5 Å². The van der Waals surface area contributed by atoms with Gasteiger partial charge in [-0.2, -0.15) is 0 Å². The monoisotopic (exact) mass is 280 g/mol. The van der Waals surface area contributed by atoms with Gasteiger partial charge in [0.2, 0.25) is 0 Å². The lowest BCUT2D eigenvalue weighted by Gasteiger charge is -2.31. The Balaban J connectivity index is 2.03. The molecule has 1 fully saturated rings. The molecule has 2 unspecified atom stereocenters. The van der Waals surface area contributed by atoms with Crippen LogP contribution >= 0.6 is 0 Å². The van der Waals surface area contributed by atoms with E-state index in [1.165, 1.54) is 12.8 Å². The van der Waals surface area contributed by atoms with E-state index in [4.69, 9.17) is 9.47 Å². The van der Waals surface area contributed by atoms with Gasteiger partial charge in [0.1, 0.15) is 0 Å². The van der Waals surface area contributed by atoms with Crippen LogP contribution in [0.15, 0.2) is 12.3 Å². The Morgan fingerprint density at radius 3 is 2.80 bits per heavy atom. The van der Waals surface area contributed by atoms with Crippen molar-refractivity contribution >= 4 is 0 Å². The topological polar surface area (TPSA) is 63.6 Å². The second-order valence-electron chi connectivity index (χ2n) is 5.21. The Bertz CT molecular complexity index is 426. The summed E-state index contributed by atoms with van der Waals surface area (Å²) in [6, 6.07) is 2.14. The number of aliphatic hydroxyl groups excluding tert-OH is 1. The summed E-state index contributed by atoms with van der Waals surface area (Å²) in [5, 5.41) is 12.9. The van der Waals surface area contributed by atoms with E-state index >= 15 is 0 Å². The van der Waals surface area contributed by atoms with Gasteiger partial charge in [-0.05, 0) is 18.8 Å². The van der Waals surface area contributed by atoms with Gasteiger partial charge < -0.3 is 19.9 Å². The Hall–Kier alpha value is -1.33. The van der Waals surface area contributed by atoms with E-state index in [9.17, 15) is 5.11 Å². The van der Waals surface area contributed by atoms with Crippen molar-refractivity contribution in [1.82, 2.24) is 10.3 Å². The van der Waals surface area contributed by atoms with E-state index in [0.29, 0.717) is 30.0 Å². The molecule has 0 aromatic carbocycles. The number of aromatic nitrogens is 1. The van der Waals surface area contributed by atoms with Crippen LogP contribution in [-0.2, 0) is 6.54 Å². The van der Waals surface area contributed by atoms with Gasteiger partial charge in [0, 0.05) is 31.5 Å². The van der Waals surface area contributed by atoms with E-state index < -0.39 is 0 Å². The zero-order valence-electron chi connectivity index (χ0n) is 12.3. The Morgan fingerprint density at radius 1 is 1.30 bits per heavy atom. The van der Waals surface area contributed by atoms with Crippen molar-refractivity contribution < 1.29 is 14.6 Å². The van der Waals surface area contributed by atoms with Gasteiger partial charge in [0.25, 0.3) is 0 Å². The minimum atomic E-state index is 0.250. The SMILES string of the molecule is COc1ccnc(CNC2CCCCC2CO)c1OC. The van der Waals surface area contributed by atoms with Crippen molar-refractivity contribution in [2.24, 2.45) is 5.92 Å². The van der Waals surface area contributed by atoms with Crippen LogP contribution in [-0.4, -0.2) is 37.0 Å². The first-order valence-electron chi connectivity index (χ1n) is 7.20. The molecule has 2 atom stereocenters. The highest BCUT2D eigenvalue weighted by Crippen LogP contribution is 2.30. The normalized spacial score (nSPS) is 22.6. The zero-order chi connectivity index (χ0) is 14.4. The van der Waals surface area contributed by atoms with Crippen LogP contribution in [0.3, 0.4) is 0 Å². The first-order chi connectivity index (χ1) is 9.80. The number of hydrogen-bond acceptors (Lipinski definition) is 5. The highest BCUT2D eigenvalue weighted by atomic mass is 16.5. The molecule has 0 saturated heterocycles. The van der Waals surface area contributed by atoms with Crippen LogP contribution in [0, 0.1) is 5.92 Å². The highest BCUT2D eigenvalue weighted by molar-refractivity contribution is 5.42. The van der Waals surface area contributed by atoms with E-state index in [1.807, 2.05) is 0 Å². The van der Waals surface area contributed by atoms with Crippen LogP contribution in [0.2, 0.25) is 0 Å². The molecule has 0 spiro atoms. The van der Waals surface area contributed by atoms with Crippen molar-refractivity contribution in [3.05, 3.63) is 18.0 Å². The van der Waals surface area contributed by atoms with Gasteiger partial charge in [-0.1, -0.05) is 12.8 Å². The van der Waals surface area contributed by atoms with Gasteiger partial charge in [0.05, 0.1) is 19.9 Å². The van der Waals surface area contributed by atoms with E-state index in [2.05, 4.69) is 10.3 Å². The number of hydrogen-bond donors (Lipinski definition) is 2. The molecule has 1 aromatic rings. The molecule has 1 aromatic heterocycles. The zero-order valence-corrected chi connectivity index (χ0v) is 12.3. The van der Waals surface area contributed by atoms with Crippen molar-refractivity contribution in [2.75, 3.05) is 20.8 Å². The van der Waals surface area contributed by atoms with Crippen molar-refractivity contribution in [3.8, 4) is 11.5 Å². The highest BCUT2D eigenvalue weighted by Gasteiger charge is 2.24. The predicted octanol–water partition coefficient (Wildman–Crippen LogP) is 1.74. The second kappa shape index (κ2) is 7.45. The van der Waals surface area contributed by atoms with Crippen LogP contribution in [0.5, 0.6) is 11.5 Å². The van der Waals surface area contributed by atoms with Crippen molar-refractivity contribution in [2.45, 2.75) is 38.3 Å². The lowest BCUT2D eigenvalue weighted by molar-refractivity contribution is 0.152. The molecule has 0 radical (unpaired) electrons. The Kier molecular flexibility index (Phi) is 5.61. The summed E-state index contributed by atoms with van der Waals surface area (Å²) in [6.07, 6.45) is 6.36. The summed E-state index contributed by atoms with van der Waals surface area (Å²) >= 11 is 0. The van der Waals surface area contributed by atoms with E-state index in [0.717, 1.165) is 18.5 Å². The average molecular weight is 280 g/mol. The van der Waals surface area contributed by atoms with Gasteiger partial charge in [-0.15, -0.1) is 0 Å². The number of aliphatic hydroxyl groups is 1. The van der Waals surface area contributed by atoms with Crippen LogP contribution in [0.25, 0.3) is 0 Å². The van der Waals surface area contributed by atoms with Gasteiger partial charge in [-0.25, -0.2) is 0 Å². The molecular weight excluding hydrogens is 256 g/mol. The molecule has 1 aliphatic rings. The quantitative estimate of drug-likeness (QED) is 0.831. The average Bonchev–Trinajstić information content (AvgIpc) is 2.52. The van der Waals surface area contributed by atoms with Crippen molar-refractivity contribution in [3.63, 3.8) is 0 Å². The van der Waals surface area contributed by atoms with Crippen LogP contribution < -0.4 is 14.8 Å². The van der Waals surface area contributed by atoms with Crippen LogP contribution in [0.4, 0.5) is 0 Å². The van der Waals surface area contributed by atoms with Gasteiger partial charge in [-0.3, -0.25) is 4.98 Å². The maximum absolute atomic E-state index is 9.44. The summed E-state index contributed by atoms with van der Waals surface area (Å²) in [5.41, 5.74) is 0.842. The summed E-state index contributed by atoms with van der Waals surface area (Å²) in [5.74, 6) is 1.72. The molecule has 0 aliphatic heterocycles. The summed E-state index contributed by atoms with van der Waals surface area (Å²) in [7, 11) is 3.25. The first kappa shape index (κ1) is 15.1. The number of nitrogens with one attached hydrogen (secondary N) is 1. The molecule has 2 rings (SSSR count). The fourth-order valence-electron chi connectivity index (χ4n) is 2.90. The molecule has 1 aliphatic carbocycles. The molecule has 0 amide bonds. The number of rotatable bonds is 6. The number of nitrogens with zero attached hydrogens (tertiary/aromatic N) is 1. The standard InChI is InChI=1S/C15H24N2O3/c1-19-14-7-8-16-13(15(14)20-2)9-17-12-6-4-3-5-11(12)10-18/h7-8,11-12,17-18H,3-6,9-10H2,1-2H3. The van der Waals surface area contributed by atoms with E-state index in [1.54, 1.807) is 26.5 Å². The maximum Gasteiger partial charge on any atom is 0.183 e. The molecule has 5 nitrogen and oxygen atoms in total. The molecule has 112 valence electrons. The predicted molar refractivity (Wildman–Crippen MR) is 77.0 cm³/mol. The van der Waals surface area contributed by atoms with E-state index in [-0.39, 0.29) is 6.61 Å². The first-order valence-corrected chi connectivity index (χ1v) is 7.20. The molecule has 1 heterocycles. The van der Waals surface area contributed by atoms with Crippen molar-refractivity contribution in [1.29, 1.82) is 0 Å². The third-order valence-electron chi connectivity index (χ3n) is 4.04. The smallest absolute Gasteiger partial charge is 0.183 e. The molecule has 0 bridgehead atoms. The number of ether oxygens (including phenoxy) is 2. The molecular formula is C15H24N2O3. The number of methoxy groups -OCH3 is 2. The lowest BCUT2D eigenvalue weighted by atomic mass is 9.85. The molecule has 1 saturated carbocycles. The summed E-state index contributed by atoms with van der Waals surface area (Å²) in [6.45, 7) is 0.877. The minimum absolute atomic E-state index is 0.250.